The van der Waals surface area contributed by atoms with Crippen LogP contribution in [0.5, 0.6) is 0 Å². The van der Waals surface area contributed by atoms with Gasteiger partial charge >= 0.3 is 0 Å². The van der Waals surface area contributed by atoms with Gasteiger partial charge in [0.15, 0.2) is 0 Å². The lowest BCUT2D eigenvalue weighted by Gasteiger charge is -2.20. The number of carbonyl (C=O) groups is 2. The number of hydrogen-bond acceptors (Lipinski definition) is 3. The average Bonchev–Trinajstić information content (AvgIpc) is 2.50. The molecule has 0 rings (SSSR count). The molecule has 0 aliphatic carbocycles. The van der Waals surface area contributed by atoms with E-state index in [0.29, 0.717) is 29.6 Å². The lowest BCUT2D eigenvalue weighted by Crippen LogP contribution is -2.21. The summed E-state index contributed by atoms with van der Waals surface area (Å²) in [4.78, 5) is 23.2. The minimum Gasteiger partial charge on any atom is -0.381 e. The zero-order chi connectivity index (χ0) is 24.2. The molecule has 0 aliphatic rings. The van der Waals surface area contributed by atoms with Gasteiger partial charge in [0, 0.05) is 30.3 Å². The SMILES string of the molecule is CC(C)(C)CCCC(=O)C(C)(C)C.CC(C)(C)CCCCOCCC(=O)C(C)(C)C. The van der Waals surface area contributed by atoms with Crippen LogP contribution < -0.4 is 0 Å². The van der Waals surface area contributed by atoms with Gasteiger partial charge in [-0.2, -0.15) is 0 Å². The standard InChI is InChI=1S/C15H30O2.C12H24O/c1-14(2,3)10-7-8-11-17-12-9-13(16)15(4,5)6;1-11(2,3)9-7-8-10(13)12(4,5)6/h7-12H2,1-6H3;7-9H2,1-6H3. The summed E-state index contributed by atoms with van der Waals surface area (Å²) in [6.07, 6.45) is 6.98. The molecule has 0 fully saturated rings. The predicted molar refractivity (Wildman–Crippen MR) is 131 cm³/mol. The zero-order valence-corrected chi connectivity index (χ0v) is 22.6. The van der Waals surface area contributed by atoms with E-state index in [1.54, 1.807) is 0 Å². The van der Waals surface area contributed by atoms with Crippen molar-refractivity contribution < 1.29 is 14.3 Å². The van der Waals surface area contributed by atoms with Gasteiger partial charge < -0.3 is 4.74 Å². The number of ketones is 2. The molecule has 0 heterocycles. The second-order valence-electron chi connectivity index (χ2n) is 13.1. The Morgan fingerprint density at radius 2 is 0.933 bits per heavy atom. The van der Waals surface area contributed by atoms with Crippen LogP contribution >= 0.6 is 0 Å². The van der Waals surface area contributed by atoms with Gasteiger partial charge in [0.25, 0.3) is 0 Å². The van der Waals surface area contributed by atoms with Crippen LogP contribution in [0, 0.1) is 21.7 Å². The van der Waals surface area contributed by atoms with E-state index in [0.717, 1.165) is 32.3 Å². The molecule has 30 heavy (non-hydrogen) atoms. The number of ether oxygens (including phenoxy) is 1. The van der Waals surface area contributed by atoms with E-state index in [2.05, 4.69) is 41.5 Å². The third-order valence-electron chi connectivity index (χ3n) is 4.94. The van der Waals surface area contributed by atoms with Crippen molar-refractivity contribution in [2.75, 3.05) is 13.2 Å². The molecule has 0 unspecified atom stereocenters. The third kappa shape index (κ3) is 22.0. The Hall–Kier alpha value is -0.700. The van der Waals surface area contributed by atoms with E-state index in [1.165, 1.54) is 12.8 Å². The summed E-state index contributed by atoms with van der Waals surface area (Å²) < 4.78 is 5.49. The fraction of sp³-hybridized carbons (Fsp3) is 0.926. The zero-order valence-electron chi connectivity index (χ0n) is 22.6. The molecule has 0 aromatic heterocycles. The van der Waals surface area contributed by atoms with E-state index in [9.17, 15) is 9.59 Å². The van der Waals surface area contributed by atoms with Crippen LogP contribution in [0.3, 0.4) is 0 Å². The van der Waals surface area contributed by atoms with Crippen molar-refractivity contribution >= 4 is 11.6 Å². The lowest BCUT2D eigenvalue weighted by molar-refractivity contribution is -0.127. The van der Waals surface area contributed by atoms with Crippen molar-refractivity contribution in [1.29, 1.82) is 0 Å². The number of rotatable bonds is 10. The number of Topliss-reactive ketones (excluding diaryl/α,β-unsaturated/α-hetero) is 2. The topological polar surface area (TPSA) is 43.4 Å². The molecule has 0 aliphatic heterocycles. The highest BCUT2D eigenvalue weighted by atomic mass is 16.5. The molecule has 0 bridgehead atoms. The average molecular weight is 427 g/mol. The van der Waals surface area contributed by atoms with Crippen LogP contribution in [0.25, 0.3) is 0 Å². The first-order chi connectivity index (χ1) is 13.3. The van der Waals surface area contributed by atoms with Gasteiger partial charge in [-0.3, -0.25) is 9.59 Å². The molecule has 0 spiro atoms. The summed E-state index contributed by atoms with van der Waals surface area (Å²) in [5.41, 5.74) is 0.397. The molecule has 3 heteroatoms. The highest BCUT2D eigenvalue weighted by Crippen LogP contribution is 2.24. The van der Waals surface area contributed by atoms with Gasteiger partial charge in [-0.05, 0) is 36.5 Å². The van der Waals surface area contributed by atoms with Crippen molar-refractivity contribution in [3.63, 3.8) is 0 Å². The van der Waals surface area contributed by atoms with E-state index in [4.69, 9.17) is 4.74 Å². The first-order valence-corrected chi connectivity index (χ1v) is 11.9. The summed E-state index contributed by atoms with van der Waals surface area (Å²) in [7, 11) is 0. The van der Waals surface area contributed by atoms with Crippen molar-refractivity contribution in [3.05, 3.63) is 0 Å². The van der Waals surface area contributed by atoms with E-state index in [-0.39, 0.29) is 16.6 Å². The Balaban J connectivity index is 0. The van der Waals surface area contributed by atoms with Gasteiger partial charge in [0.2, 0.25) is 0 Å². The van der Waals surface area contributed by atoms with Crippen LogP contribution in [0.2, 0.25) is 0 Å². The summed E-state index contributed by atoms with van der Waals surface area (Å²) in [6.45, 7) is 26.6. The minimum absolute atomic E-state index is 0.155. The Bertz CT molecular complexity index is 476. The van der Waals surface area contributed by atoms with Crippen molar-refractivity contribution in [3.8, 4) is 0 Å². The molecule has 0 saturated heterocycles. The fourth-order valence-electron chi connectivity index (χ4n) is 2.66. The second kappa shape index (κ2) is 13.7. The monoisotopic (exact) mass is 426 g/mol. The molecule has 0 atom stereocenters. The van der Waals surface area contributed by atoms with Crippen molar-refractivity contribution in [1.82, 2.24) is 0 Å². The van der Waals surface area contributed by atoms with E-state index < -0.39 is 0 Å². The van der Waals surface area contributed by atoms with Gasteiger partial charge in [-0.1, -0.05) is 89.5 Å². The predicted octanol–water partition coefficient (Wildman–Crippen LogP) is 8.04. The van der Waals surface area contributed by atoms with Gasteiger partial charge in [-0.25, -0.2) is 0 Å². The summed E-state index contributed by atoms with van der Waals surface area (Å²) >= 11 is 0. The first-order valence-electron chi connectivity index (χ1n) is 11.9. The van der Waals surface area contributed by atoms with Gasteiger partial charge in [0.1, 0.15) is 11.6 Å². The molecule has 3 nitrogen and oxygen atoms in total. The summed E-state index contributed by atoms with van der Waals surface area (Å²) in [6, 6.07) is 0. The summed E-state index contributed by atoms with van der Waals surface area (Å²) in [5, 5.41) is 0. The number of unbranched alkanes of at least 4 members (excludes halogenated alkanes) is 1. The Labute approximate surface area is 189 Å². The molecule has 0 aromatic carbocycles. The maximum absolute atomic E-state index is 11.6. The highest BCUT2D eigenvalue weighted by molar-refractivity contribution is 5.84. The largest absolute Gasteiger partial charge is 0.381 e. The van der Waals surface area contributed by atoms with Crippen molar-refractivity contribution in [2.45, 2.75) is 128 Å². The van der Waals surface area contributed by atoms with Crippen LogP contribution in [-0.4, -0.2) is 24.8 Å². The minimum atomic E-state index is -0.227. The van der Waals surface area contributed by atoms with Crippen LogP contribution in [-0.2, 0) is 14.3 Å². The quantitative estimate of drug-likeness (QED) is 0.332. The Kier molecular flexibility index (Phi) is 14.3. The van der Waals surface area contributed by atoms with Crippen LogP contribution in [0.1, 0.15) is 128 Å². The Morgan fingerprint density at radius 3 is 1.33 bits per heavy atom. The lowest BCUT2D eigenvalue weighted by atomic mass is 9.84. The maximum Gasteiger partial charge on any atom is 0.140 e. The van der Waals surface area contributed by atoms with E-state index in [1.807, 2.05) is 41.5 Å². The molecule has 0 amide bonds. The van der Waals surface area contributed by atoms with E-state index >= 15 is 0 Å². The van der Waals surface area contributed by atoms with Gasteiger partial charge in [-0.15, -0.1) is 0 Å². The highest BCUT2D eigenvalue weighted by Gasteiger charge is 2.21. The Morgan fingerprint density at radius 1 is 0.533 bits per heavy atom. The molecule has 0 saturated carbocycles. The molecular weight excluding hydrogens is 372 g/mol. The molecule has 180 valence electrons. The first kappa shape index (κ1) is 31.5. The van der Waals surface area contributed by atoms with Gasteiger partial charge in [0.05, 0.1) is 6.61 Å². The molecule has 0 N–H and O–H groups in total. The number of hydrogen-bond donors (Lipinski definition) is 0. The third-order valence-corrected chi connectivity index (χ3v) is 4.94. The maximum atomic E-state index is 11.6. The van der Waals surface area contributed by atoms with Crippen LogP contribution in [0.15, 0.2) is 0 Å². The van der Waals surface area contributed by atoms with Crippen molar-refractivity contribution in [2.24, 2.45) is 21.7 Å². The molecule has 0 radical (unpaired) electrons. The smallest absolute Gasteiger partial charge is 0.140 e. The number of carbonyl (C=O) groups excluding carboxylic acids is 2. The molecular formula is C27H54O3. The summed E-state index contributed by atoms with van der Waals surface area (Å²) in [5.74, 6) is 0.670. The van der Waals surface area contributed by atoms with Crippen LogP contribution in [0.4, 0.5) is 0 Å². The fourth-order valence-corrected chi connectivity index (χ4v) is 2.66. The normalized spacial score (nSPS) is 12.9. The molecule has 0 aromatic rings. The second-order valence-corrected chi connectivity index (χ2v) is 13.1.